The number of carbonyl (C=O) groups is 2. The molecule has 0 N–H and O–H groups in total. The third-order valence-corrected chi connectivity index (χ3v) is 1.85. The maximum Gasteiger partial charge on any atom is 0.373 e. The molecule has 0 amide bonds. The number of ether oxygens (including phenoxy) is 2. The molecule has 0 heterocycles. The first-order valence-electron chi connectivity index (χ1n) is 5.32. The van der Waals surface area contributed by atoms with E-state index >= 15 is 0 Å². The van der Waals surface area contributed by atoms with E-state index in [1.165, 1.54) is 0 Å². The molecule has 0 aliphatic carbocycles. The van der Waals surface area contributed by atoms with Gasteiger partial charge in [-0.25, -0.2) is 9.59 Å². The zero-order valence-corrected chi connectivity index (χ0v) is 9.66. The van der Waals surface area contributed by atoms with E-state index in [0.717, 1.165) is 31.8 Å². The van der Waals surface area contributed by atoms with E-state index in [1.54, 1.807) is 0 Å². The van der Waals surface area contributed by atoms with Crippen molar-refractivity contribution in [3.05, 3.63) is 25.0 Å². The van der Waals surface area contributed by atoms with Gasteiger partial charge in [-0.2, -0.15) is 0 Å². The van der Waals surface area contributed by atoms with Crippen molar-refractivity contribution >= 4 is 11.9 Å². The van der Waals surface area contributed by atoms with Gasteiger partial charge in [0.2, 0.25) is 5.76 Å². The molecular formula is C12H18O4. The predicted molar refractivity (Wildman–Crippen MR) is 60.5 cm³/mol. The van der Waals surface area contributed by atoms with E-state index in [-0.39, 0.29) is 5.76 Å². The van der Waals surface area contributed by atoms with Crippen molar-refractivity contribution in [1.29, 1.82) is 0 Å². The molecule has 0 spiro atoms. The van der Waals surface area contributed by atoms with Crippen molar-refractivity contribution < 1.29 is 19.1 Å². The van der Waals surface area contributed by atoms with Gasteiger partial charge in [-0.05, 0) is 13.0 Å². The molecular weight excluding hydrogens is 208 g/mol. The Morgan fingerprint density at radius 3 is 2.50 bits per heavy atom. The summed E-state index contributed by atoms with van der Waals surface area (Å²) in [5, 5.41) is 0. The van der Waals surface area contributed by atoms with Crippen LogP contribution in [0.2, 0.25) is 0 Å². The summed E-state index contributed by atoms with van der Waals surface area (Å²) in [6.45, 7) is 8.92. The first-order valence-corrected chi connectivity index (χ1v) is 5.32. The Hall–Kier alpha value is -1.58. The molecule has 0 aliphatic rings. The second-order valence-corrected chi connectivity index (χ2v) is 3.24. The van der Waals surface area contributed by atoms with Crippen LogP contribution in [-0.2, 0) is 19.1 Å². The minimum Gasteiger partial charge on any atom is -0.460 e. The fourth-order valence-electron chi connectivity index (χ4n) is 0.979. The van der Waals surface area contributed by atoms with Gasteiger partial charge in [0.15, 0.2) is 0 Å². The Morgan fingerprint density at radius 1 is 1.25 bits per heavy atom. The van der Waals surface area contributed by atoms with Crippen molar-refractivity contribution in [2.24, 2.45) is 0 Å². The van der Waals surface area contributed by atoms with Gasteiger partial charge < -0.3 is 9.47 Å². The Morgan fingerprint density at radius 2 is 1.94 bits per heavy atom. The fourth-order valence-corrected chi connectivity index (χ4v) is 0.979. The van der Waals surface area contributed by atoms with Crippen molar-refractivity contribution in [3.63, 3.8) is 0 Å². The highest BCUT2D eigenvalue weighted by molar-refractivity contribution is 5.91. The topological polar surface area (TPSA) is 52.6 Å². The molecule has 0 fully saturated rings. The van der Waals surface area contributed by atoms with Crippen LogP contribution in [0.4, 0.5) is 0 Å². The molecule has 0 atom stereocenters. The minimum absolute atomic E-state index is 0.305. The highest BCUT2D eigenvalue weighted by Crippen LogP contribution is 2.02. The largest absolute Gasteiger partial charge is 0.460 e. The second-order valence-electron chi connectivity index (χ2n) is 3.24. The lowest BCUT2D eigenvalue weighted by molar-refractivity contribution is -0.149. The van der Waals surface area contributed by atoms with Gasteiger partial charge >= 0.3 is 11.9 Å². The van der Waals surface area contributed by atoms with Gasteiger partial charge in [0.25, 0.3) is 0 Å². The summed E-state index contributed by atoms with van der Waals surface area (Å²) in [6, 6.07) is 0. The fraction of sp³-hybridized carbons (Fsp3) is 0.500. The maximum atomic E-state index is 11.2. The third kappa shape index (κ3) is 6.81. The number of esters is 2. The molecule has 90 valence electrons. The number of carbonyl (C=O) groups excluding carboxylic acids is 2. The molecule has 16 heavy (non-hydrogen) atoms. The normalized spacial score (nSPS) is 9.31. The summed E-state index contributed by atoms with van der Waals surface area (Å²) in [5.74, 6) is -1.72. The molecule has 0 unspecified atom stereocenters. The number of hydrogen-bond donors (Lipinski definition) is 0. The van der Waals surface area contributed by atoms with Gasteiger partial charge in [-0.15, -0.1) is 0 Å². The minimum atomic E-state index is -0.715. The Kier molecular flexibility index (Phi) is 7.85. The van der Waals surface area contributed by atoms with Crippen molar-refractivity contribution in [3.8, 4) is 0 Å². The first kappa shape index (κ1) is 14.4. The third-order valence-electron chi connectivity index (χ3n) is 1.85. The van der Waals surface area contributed by atoms with Crippen LogP contribution in [0, 0.1) is 0 Å². The predicted octanol–water partition coefficient (Wildman–Crippen LogP) is 2.35. The van der Waals surface area contributed by atoms with Crippen LogP contribution in [0.25, 0.3) is 0 Å². The van der Waals surface area contributed by atoms with Gasteiger partial charge in [0.1, 0.15) is 0 Å². The van der Waals surface area contributed by atoms with Crippen molar-refractivity contribution in [1.82, 2.24) is 0 Å². The Bertz CT molecular complexity index is 268. The average Bonchev–Trinajstić information content (AvgIpc) is 2.28. The van der Waals surface area contributed by atoms with E-state index in [1.807, 2.05) is 0 Å². The average molecular weight is 226 g/mol. The van der Waals surface area contributed by atoms with Gasteiger partial charge in [-0.3, -0.25) is 0 Å². The molecule has 0 rings (SSSR count). The monoisotopic (exact) mass is 226 g/mol. The van der Waals surface area contributed by atoms with Crippen LogP contribution in [0.15, 0.2) is 25.0 Å². The molecule has 4 heteroatoms. The highest BCUT2D eigenvalue weighted by Gasteiger charge is 2.12. The van der Waals surface area contributed by atoms with Crippen LogP contribution in [0.3, 0.4) is 0 Å². The first-order chi connectivity index (χ1) is 7.61. The SMILES string of the molecule is C=CC(=O)OC(=C)C(=O)OCCCCCC. The zero-order valence-electron chi connectivity index (χ0n) is 9.66. The molecule has 0 bridgehead atoms. The molecule has 0 aromatic heterocycles. The number of hydrogen-bond acceptors (Lipinski definition) is 4. The molecule has 0 aromatic rings. The standard InChI is InChI=1S/C12H18O4/c1-4-6-7-8-9-15-12(14)10(3)16-11(13)5-2/h5H,2-4,6-9H2,1H3. The van der Waals surface area contributed by atoms with Crippen LogP contribution in [-0.4, -0.2) is 18.5 Å². The van der Waals surface area contributed by atoms with E-state index in [0.29, 0.717) is 6.61 Å². The van der Waals surface area contributed by atoms with Gasteiger partial charge in [-0.1, -0.05) is 32.8 Å². The van der Waals surface area contributed by atoms with Crippen LogP contribution >= 0.6 is 0 Å². The van der Waals surface area contributed by atoms with Gasteiger partial charge in [0.05, 0.1) is 6.61 Å². The summed E-state index contributed by atoms with van der Waals surface area (Å²) in [7, 11) is 0. The zero-order chi connectivity index (χ0) is 12.4. The summed E-state index contributed by atoms with van der Waals surface area (Å²) in [5.41, 5.74) is 0. The summed E-state index contributed by atoms with van der Waals surface area (Å²) in [6.07, 6.45) is 5.02. The van der Waals surface area contributed by atoms with Gasteiger partial charge in [0, 0.05) is 6.08 Å². The maximum absolute atomic E-state index is 11.2. The molecule has 0 saturated carbocycles. The van der Waals surface area contributed by atoms with Crippen LogP contribution < -0.4 is 0 Å². The highest BCUT2D eigenvalue weighted by atomic mass is 16.6. The molecule has 0 aliphatic heterocycles. The lowest BCUT2D eigenvalue weighted by atomic mass is 10.2. The second kappa shape index (κ2) is 8.71. The number of rotatable bonds is 8. The summed E-state index contributed by atoms with van der Waals surface area (Å²) in [4.78, 5) is 21.9. The van der Waals surface area contributed by atoms with E-state index in [2.05, 4.69) is 24.8 Å². The van der Waals surface area contributed by atoms with E-state index in [9.17, 15) is 9.59 Å². The Labute approximate surface area is 95.9 Å². The van der Waals surface area contributed by atoms with E-state index in [4.69, 9.17) is 4.74 Å². The summed E-state index contributed by atoms with van der Waals surface area (Å²) < 4.78 is 9.36. The van der Waals surface area contributed by atoms with Crippen LogP contribution in [0.1, 0.15) is 32.6 Å². The van der Waals surface area contributed by atoms with Crippen molar-refractivity contribution in [2.75, 3.05) is 6.61 Å². The molecule has 0 aromatic carbocycles. The number of unbranched alkanes of at least 4 members (excludes halogenated alkanes) is 3. The lowest BCUT2D eigenvalue weighted by Crippen LogP contribution is -2.13. The summed E-state index contributed by atoms with van der Waals surface area (Å²) >= 11 is 0. The quantitative estimate of drug-likeness (QED) is 0.276. The van der Waals surface area contributed by atoms with Crippen molar-refractivity contribution in [2.45, 2.75) is 32.6 Å². The molecule has 0 saturated heterocycles. The molecule has 4 nitrogen and oxygen atoms in total. The Balaban J connectivity index is 3.67. The van der Waals surface area contributed by atoms with Crippen LogP contribution in [0.5, 0.6) is 0 Å². The smallest absolute Gasteiger partial charge is 0.373 e. The molecule has 0 radical (unpaired) electrons. The lowest BCUT2D eigenvalue weighted by Gasteiger charge is -2.06. The van der Waals surface area contributed by atoms with E-state index < -0.39 is 11.9 Å².